The van der Waals surface area contributed by atoms with Crippen LogP contribution in [0.5, 0.6) is 0 Å². The second-order valence-electron chi connectivity index (χ2n) is 5.71. The van der Waals surface area contributed by atoms with E-state index in [1.165, 1.54) is 57.6 Å². The van der Waals surface area contributed by atoms with Gasteiger partial charge in [0.05, 0.1) is 0 Å². The van der Waals surface area contributed by atoms with Gasteiger partial charge in [-0.05, 0) is 31.4 Å². The van der Waals surface area contributed by atoms with Gasteiger partial charge in [0, 0.05) is 11.8 Å². The first-order valence-corrected chi connectivity index (χ1v) is 8.07. The first kappa shape index (κ1) is 16.8. The zero-order chi connectivity index (χ0) is 14.8. The van der Waals surface area contributed by atoms with E-state index in [0.717, 1.165) is 24.0 Å². The van der Waals surface area contributed by atoms with Gasteiger partial charge in [-0.3, -0.25) is 4.79 Å². The smallest absolute Gasteiger partial charge is 0.286 e. The molecule has 0 spiro atoms. The Bertz CT molecular complexity index is 437. The zero-order valence-electron chi connectivity index (χ0n) is 13.0. The van der Waals surface area contributed by atoms with Crippen molar-refractivity contribution in [3.63, 3.8) is 0 Å². The van der Waals surface area contributed by atoms with Crippen LogP contribution >= 0.6 is 0 Å². The van der Waals surface area contributed by atoms with Crippen molar-refractivity contribution in [2.75, 3.05) is 0 Å². The molecule has 0 atom stereocenters. The number of unbranched alkanes of at least 4 members (excludes halogenated alkanes) is 8. The van der Waals surface area contributed by atoms with Gasteiger partial charge in [0.1, 0.15) is 0 Å². The predicted octanol–water partition coefficient (Wildman–Crippen LogP) is 4.47. The minimum atomic E-state index is -0.260. The van der Waals surface area contributed by atoms with Gasteiger partial charge in [0.25, 0.3) is 5.56 Å². The van der Waals surface area contributed by atoms with Crippen LogP contribution in [0.3, 0.4) is 0 Å². The van der Waals surface area contributed by atoms with Crippen LogP contribution in [0, 0.1) is 6.92 Å². The lowest BCUT2D eigenvalue weighted by atomic mass is 10.0. The van der Waals surface area contributed by atoms with Crippen molar-refractivity contribution in [3.05, 3.63) is 33.7 Å². The van der Waals surface area contributed by atoms with Gasteiger partial charge in [-0.1, -0.05) is 58.3 Å². The van der Waals surface area contributed by atoms with Crippen molar-refractivity contribution in [3.8, 4) is 0 Å². The molecule has 0 aliphatic heterocycles. The summed E-state index contributed by atoms with van der Waals surface area (Å²) in [5, 5.41) is 9.37. The first-order chi connectivity index (χ1) is 9.66. The van der Waals surface area contributed by atoms with Gasteiger partial charge in [-0.2, -0.15) is 4.73 Å². The van der Waals surface area contributed by atoms with Crippen molar-refractivity contribution in [1.29, 1.82) is 0 Å². The Morgan fingerprint density at radius 3 is 2.15 bits per heavy atom. The van der Waals surface area contributed by atoms with Crippen molar-refractivity contribution in [1.82, 2.24) is 4.73 Å². The molecular formula is C17H29NO2. The molecule has 0 amide bonds. The molecule has 1 aromatic heterocycles. The van der Waals surface area contributed by atoms with E-state index in [9.17, 15) is 10.0 Å². The summed E-state index contributed by atoms with van der Waals surface area (Å²) >= 11 is 0. The number of rotatable bonds is 10. The predicted molar refractivity (Wildman–Crippen MR) is 83.6 cm³/mol. The maximum Gasteiger partial charge on any atom is 0.286 e. The highest BCUT2D eigenvalue weighted by Crippen LogP contribution is 2.12. The first-order valence-electron chi connectivity index (χ1n) is 8.07. The SMILES string of the molecule is CCCCCCCCCCCc1c(C)ccn(O)c1=O. The average molecular weight is 279 g/mol. The topological polar surface area (TPSA) is 42.2 Å². The fourth-order valence-corrected chi connectivity index (χ4v) is 2.57. The standard InChI is InChI=1S/C17H29NO2/c1-3-4-5-6-7-8-9-10-11-12-16-15(2)13-14-18(20)17(16)19/h13-14,20H,3-12H2,1-2H3. The molecule has 0 saturated carbocycles. The van der Waals surface area contributed by atoms with Crippen LogP contribution in [0.15, 0.2) is 17.1 Å². The van der Waals surface area contributed by atoms with Crippen LogP contribution in [-0.2, 0) is 6.42 Å². The van der Waals surface area contributed by atoms with Crippen molar-refractivity contribution in [2.24, 2.45) is 0 Å². The van der Waals surface area contributed by atoms with E-state index >= 15 is 0 Å². The van der Waals surface area contributed by atoms with Crippen molar-refractivity contribution < 1.29 is 5.21 Å². The monoisotopic (exact) mass is 279 g/mol. The Kier molecular flexibility index (Phi) is 8.08. The molecule has 0 bridgehead atoms. The lowest BCUT2D eigenvalue weighted by Crippen LogP contribution is -2.22. The largest absolute Gasteiger partial charge is 0.425 e. The Balaban J connectivity index is 2.16. The number of hydrogen-bond donors (Lipinski definition) is 1. The van der Waals surface area contributed by atoms with Crippen LogP contribution in [0.25, 0.3) is 0 Å². The summed E-state index contributed by atoms with van der Waals surface area (Å²) in [6, 6.07) is 1.80. The van der Waals surface area contributed by atoms with E-state index in [-0.39, 0.29) is 5.56 Å². The maximum absolute atomic E-state index is 11.8. The average Bonchev–Trinajstić information content (AvgIpc) is 2.44. The second-order valence-corrected chi connectivity index (χ2v) is 5.71. The lowest BCUT2D eigenvalue weighted by molar-refractivity contribution is 0.173. The van der Waals surface area contributed by atoms with Crippen LogP contribution < -0.4 is 5.56 Å². The van der Waals surface area contributed by atoms with Crippen molar-refractivity contribution in [2.45, 2.75) is 78.1 Å². The van der Waals surface area contributed by atoms with E-state index in [4.69, 9.17) is 0 Å². The summed E-state index contributed by atoms with van der Waals surface area (Å²) < 4.78 is 0.691. The van der Waals surface area contributed by atoms with E-state index in [0.29, 0.717) is 4.73 Å². The lowest BCUT2D eigenvalue weighted by Gasteiger charge is -2.06. The Morgan fingerprint density at radius 1 is 1.00 bits per heavy atom. The third-order valence-electron chi connectivity index (χ3n) is 3.94. The fraction of sp³-hybridized carbons (Fsp3) is 0.706. The van der Waals surface area contributed by atoms with Gasteiger partial charge in [-0.15, -0.1) is 0 Å². The Morgan fingerprint density at radius 2 is 1.55 bits per heavy atom. The molecular weight excluding hydrogens is 250 g/mol. The molecule has 20 heavy (non-hydrogen) atoms. The molecule has 0 fully saturated rings. The molecule has 0 aliphatic carbocycles. The molecule has 3 nitrogen and oxygen atoms in total. The van der Waals surface area contributed by atoms with Gasteiger partial charge >= 0.3 is 0 Å². The summed E-state index contributed by atoms with van der Waals surface area (Å²) in [6.45, 7) is 4.18. The minimum absolute atomic E-state index is 0.260. The molecule has 3 heteroatoms. The summed E-state index contributed by atoms with van der Waals surface area (Å²) in [6.07, 6.45) is 13.7. The van der Waals surface area contributed by atoms with Gasteiger partial charge in [0.2, 0.25) is 0 Å². The Hall–Kier alpha value is -1.25. The van der Waals surface area contributed by atoms with Crippen LogP contribution in [0.2, 0.25) is 0 Å². The Labute approximate surface area is 122 Å². The van der Waals surface area contributed by atoms with E-state index in [1.807, 2.05) is 6.92 Å². The van der Waals surface area contributed by atoms with Crippen LogP contribution in [0.1, 0.15) is 75.8 Å². The van der Waals surface area contributed by atoms with Gasteiger partial charge < -0.3 is 5.21 Å². The highest BCUT2D eigenvalue weighted by molar-refractivity contribution is 5.22. The zero-order valence-corrected chi connectivity index (χ0v) is 13.0. The third kappa shape index (κ3) is 5.81. The maximum atomic E-state index is 11.8. The summed E-state index contributed by atoms with van der Waals surface area (Å²) in [4.78, 5) is 11.8. The third-order valence-corrected chi connectivity index (χ3v) is 3.94. The molecule has 0 saturated heterocycles. The van der Waals surface area contributed by atoms with Gasteiger partial charge in [0.15, 0.2) is 0 Å². The molecule has 0 aromatic carbocycles. The normalized spacial score (nSPS) is 10.9. The van der Waals surface area contributed by atoms with Crippen LogP contribution in [-0.4, -0.2) is 9.94 Å². The molecule has 114 valence electrons. The quantitative estimate of drug-likeness (QED) is 0.507. The van der Waals surface area contributed by atoms with Crippen molar-refractivity contribution >= 4 is 0 Å². The molecule has 1 rings (SSSR count). The highest BCUT2D eigenvalue weighted by Gasteiger charge is 2.06. The van der Waals surface area contributed by atoms with E-state index in [1.54, 1.807) is 6.07 Å². The molecule has 1 heterocycles. The van der Waals surface area contributed by atoms with Crippen LogP contribution in [0.4, 0.5) is 0 Å². The summed E-state index contributed by atoms with van der Waals surface area (Å²) in [7, 11) is 0. The molecule has 0 unspecified atom stereocenters. The number of aryl methyl sites for hydroxylation is 1. The molecule has 1 N–H and O–H groups in total. The second kappa shape index (κ2) is 9.62. The van der Waals surface area contributed by atoms with E-state index in [2.05, 4.69) is 6.92 Å². The van der Waals surface area contributed by atoms with Gasteiger partial charge in [-0.25, -0.2) is 0 Å². The number of pyridine rings is 1. The summed E-state index contributed by atoms with van der Waals surface area (Å²) in [5.41, 5.74) is 1.49. The number of hydrogen-bond acceptors (Lipinski definition) is 2. The highest BCUT2D eigenvalue weighted by atomic mass is 16.5. The molecule has 0 aliphatic rings. The number of aromatic nitrogens is 1. The fourth-order valence-electron chi connectivity index (χ4n) is 2.57. The summed E-state index contributed by atoms with van der Waals surface area (Å²) in [5.74, 6) is 0. The van der Waals surface area contributed by atoms with E-state index < -0.39 is 0 Å². The number of nitrogens with zero attached hydrogens (tertiary/aromatic N) is 1. The minimum Gasteiger partial charge on any atom is -0.425 e. The molecule has 0 radical (unpaired) electrons. The molecule has 1 aromatic rings.